The molecule has 1 unspecified atom stereocenters. The van der Waals surface area contributed by atoms with E-state index >= 15 is 0 Å². The van der Waals surface area contributed by atoms with Crippen LogP contribution in [0.2, 0.25) is 0 Å². The molecule has 0 radical (unpaired) electrons. The Kier molecular flexibility index (Phi) is 3.01. The minimum absolute atomic E-state index is 0.0956. The molecular weight excluding hydrogens is 228 g/mol. The van der Waals surface area contributed by atoms with Crippen LogP contribution in [0, 0.1) is 11.6 Å². The van der Waals surface area contributed by atoms with Crippen LogP contribution in [0.4, 0.5) is 8.78 Å². The lowest BCUT2D eigenvalue weighted by atomic mass is 10.1. The maximum absolute atomic E-state index is 13.4. The van der Waals surface area contributed by atoms with E-state index in [0.717, 1.165) is 18.2 Å². The Morgan fingerprint density at radius 3 is 2.88 bits per heavy atom. The van der Waals surface area contributed by atoms with Gasteiger partial charge in [0.05, 0.1) is 5.56 Å². The summed E-state index contributed by atoms with van der Waals surface area (Å²) in [6.45, 7) is 3.33. The monoisotopic (exact) mass is 237 g/mol. The Bertz CT molecular complexity index is 511. The minimum Gasteiger partial charge on any atom is -0.407 e. The summed E-state index contributed by atoms with van der Waals surface area (Å²) in [6.07, 6.45) is 2.56. The van der Waals surface area contributed by atoms with Gasteiger partial charge < -0.3 is 4.84 Å². The lowest BCUT2D eigenvalue weighted by molar-refractivity contribution is -0.116. The van der Waals surface area contributed by atoms with Crippen LogP contribution in [0.15, 0.2) is 36.9 Å². The van der Waals surface area contributed by atoms with E-state index in [1.165, 1.54) is 12.1 Å². The standard InChI is InChI=1S/C12H9F2NO2/c1-2-11(16)10-6-12(17-15-10)8-4-3-7(13)5-9(8)14/h2-6,10,15H,1H2. The molecule has 0 spiro atoms. The molecule has 0 saturated heterocycles. The number of hydrogen-bond donors (Lipinski definition) is 1. The van der Waals surface area contributed by atoms with Gasteiger partial charge in [-0.25, -0.2) is 8.78 Å². The first kappa shape index (κ1) is 11.5. The van der Waals surface area contributed by atoms with Crippen LogP contribution in [-0.2, 0) is 9.63 Å². The van der Waals surface area contributed by atoms with Gasteiger partial charge in [0.2, 0.25) is 0 Å². The van der Waals surface area contributed by atoms with Gasteiger partial charge in [-0.3, -0.25) is 4.79 Å². The van der Waals surface area contributed by atoms with Gasteiger partial charge >= 0.3 is 0 Å². The third-order valence-electron chi connectivity index (χ3n) is 2.32. The van der Waals surface area contributed by atoms with Crippen LogP contribution < -0.4 is 5.48 Å². The number of benzene rings is 1. The summed E-state index contributed by atoms with van der Waals surface area (Å²) in [7, 11) is 0. The quantitative estimate of drug-likeness (QED) is 0.817. The molecule has 1 aromatic rings. The van der Waals surface area contributed by atoms with Crippen molar-refractivity contribution in [1.82, 2.24) is 5.48 Å². The summed E-state index contributed by atoms with van der Waals surface area (Å²) in [5.41, 5.74) is 2.52. The van der Waals surface area contributed by atoms with Gasteiger partial charge in [-0.05, 0) is 24.3 Å². The molecule has 3 nitrogen and oxygen atoms in total. The molecule has 2 rings (SSSR count). The summed E-state index contributed by atoms with van der Waals surface area (Å²) in [5.74, 6) is -1.55. The van der Waals surface area contributed by atoms with E-state index in [2.05, 4.69) is 12.1 Å². The molecule has 1 aromatic carbocycles. The zero-order chi connectivity index (χ0) is 12.4. The smallest absolute Gasteiger partial charge is 0.179 e. The second-order valence-electron chi connectivity index (χ2n) is 3.46. The van der Waals surface area contributed by atoms with Crippen molar-refractivity contribution in [2.24, 2.45) is 0 Å². The van der Waals surface area contributed by atoms with E-state index in [0.29, 0.717) is 0 Å². The zero-order valence-corrected chi connectivity index (χ0v) is 8.74. The summed E-state index contributed by atoms with van der Waals surface area (Å²) in [4.78, 5) is 16.2. The van der Waals surface area contributed by atoms with Gasteiger partial charge in [0, 0.05) is 6.07 Å². The summed E-state index contributed by atoms with van der Waals surface area (Å²) < 4.78 is 26.1. The third kappa shape index (κ3) is 2.24. The molecule has 0 amide bonds. The highest BCUT2D eigenvalue weighted by molar-refractivity contribution is 5.96. The molecule has 1 atom stereocenters. The molecule has 5 heteroatoms. The van der Waals surface area contributed by atoms with Gasteiger partial charge in [-0.2, -0.15) is 0 Å². The van der Waals surface area contributed by atoms with Gasteiger partial charge in [0.1, 0.15) is 17.7 Å². The molecule has 1 aliphatic heterocycles. The van der Waals surface area contributed by atoms with Crippen molar-refractivity contribution in [1.29, 1.82) is 0 Å². The van der Waals surface area contributed by atoms with Gasteiger partial charge in [-0.1, -0.05) is 6.58 Å². The maximum Gasteiger partial charge on any atom is 0.179 e. The normalized spacial score (nSPS) is 18.5. The van der Waals surface area contributed by atoms with Gasteiger partial charge in [-0.15, -0.1) is 5.48 Å². The number of carbonyl (C=O) groups excluding carboxylic acids is 1. The number of carbonyl (C=O) groups is 1. The molecule has 1 N–H and O–H groups in total. The molecule has 1 aliphatic rings. The van der Waals surface area contributed by atoms with Crippen molar-refractivity contribution in [3.05, 3.63) is 54.1 Å². The fourth-order valence-electron chi connectivity index (χ4n) is 1.45. The van der Waals surface area contributed by atoms with E-state index in [9.17, 15) is 13.6 Å². The fourth-order valence-corrected chi connectivity index (χ4v) is 1.45. The lowest BCUT2D eigenvalue weighted by Gasteiger charge is -2.04. The summed E-state index contributed by atoms with van der Waals surface area (Å²) in [5, 5.41) is 0. The van der Waals surface area contributed by atoms with Crippen LogP contribution in [0.5, 0.6) is 0 Å². The molecule has 0 saturated carbocycles. The van der Waals surface area contributed by atoms with E-state index in [-0.39, 0.29) is 17.1 Å². The van der Waals surface area contributed by atoms with E-state index in [1.807, 2.05) is 0 Å². The maximum atomic E-state index is 13.4. The predicted octanol–water partition coefficient (Wildman–Crippen LogP) is 1.96. The zero-order valence-electron chi connectivity index (χ0n) is 8.74. The first-order valence-corrected chi connectivity index (χ1v) is 4.87. The first-order valence-electron chi connectivity index (χ1n) is 4.87. The topological polar surface area (TPSA) is 38.3 Å². The Labute approximate surface area is 96.3 Å². The molecular formula is C12H9F2NO2. The molecule has 0 fully saturated rings. The number of nitrogens with one attached hydrogen (secondary N) is 1. The number of halogens is 2. The predicted molar refractivity (Wildman–Crippen MR) is 57.5 cm³/mol. The average molecular weight is 237 g/mol. The van der Waals surface area contributed by atoms with Crippen molar-refractivity contribution in [3.63, 3.8) is 0 Å². The summed E-state index contributed by atoms with van der Waals surface area (Å²) >= 11 is 0. The number of hydrogen-bond acceptors (Lipinski definition) is 3. The molecule has 0 aliphatic carbocycles. The van der Waals surface area contributed by atoms with Crippen molar-refractivity contribution >= 4 is 11.5 Å². The number of rotatable bonds is 3. The molecule has 17 heavy (non-hydrogen) atoms. The van der Waals surface area contributed by atoms with E-state index in [4.69, 9.17) is 4.84 Å². The Morgan fingerprint density at radius 1 is 1.47 bits per heavy atom. The fraction of sp³-hybridized carbons (Fsp3) is 0.0833. The highest BCUT2D eigenvalue weighted by Crippen LogP contribution is 2.23. The second kappa shape index (κ2) is 4.47. The molecule has 88 valence electrons. The van der Waals surface area contributed by atoms with E-state index < -0.39 is 17.7 Å². The summed E-state index contributed by atoms with van der Waals surface area (Å²) in [6, 6.07) is 2.43. The van der Waals surface area contributed by atoms with Crippen LogP contribution in [0.3, 0.4) is 0 Å². The van der Waals surface area contributed by atoms with Crippen molar-refractivity contribution in [2.75, 3.05) is 0 Å². The lowest BCUT2D eigenvalue weighted by Crippen LogP contribution is -2.28. The van der Waals surface area contributed by atoms with Crippen LogP contribution >= 0.6 is 0 Å². The SMILES string of the molecule is C=CC(=O)C1C=C(c2ccc(F)cc2F)ON1. The Morgan fingerprint density at radius 2 is 2.24 bits per heavy atom. The number of ketones is 1. The highest BCUT2D eigenvalue weighted by atomic mass is 19.1. The minimum atomic E-state index is -0.746. The molecule has 0 aromatic heterocycles. The van der Waals surface area contributed by atoms with Gasteiger partial charge in [0.15, 0.2) is 11.5 Å². The first-order chi connectivity index (χ1) is 8.11. The van der Waals surface area contributed by atoms with Crippen LogP contribution in [0.1, 0.15) is 5.56 Å². The van der Waals surface area contributed by atoms with Crippen molar-refractivity contribution < 1.29 is 18.4 Å². The second-order valence-corrected chi connectivity index (χ2v) is 3.46. The Balaban J connectivity index is 2.30. The van der Waals surface area contributed by atoms with Crippen molar-refractivity contribution in [2.45, 2.75) is 6.04 Å². The largest absolute Gasteiger partial charge is 0.407 e. The Hall–Kier alpha value is -2.01. The number of hydroxylamine groups is 1. The van der Waals surface area contributed by atoms with E-state index in [1.54, 1.807) is 0 Å². The van der Waals surface area contributed by atoms with Crippen LogP contribution in [-0.4, -0.2) is 11.8 Å². The molecule has 1 heterocycles. The third-order valence-corrected chi connectivity index (χ3v) is 2.32. The average Bonchev–Trinajstić information content (AvgIpc) is 2.77. The highest BCUT2D eigenvalue weighted by Gasteiger charge is 2.24. The van der Waals surface area contributed by atoms with Crippen LogP contribution in [0.25, 0.3) is 5.76 Å². The van der Waals surface area contributed by atoms with Gasteiger partial charge in [0.25, 0.3) is 0 Å². The molecule has 0 bridgehead atoms. The van der Waals surface area contributed by atoms with Crippen molar-refractivity contribution in [3.8, 4) is 0 Å².